The normalized spacial score (nSPS) is 25.1. The molecule has 0 heterocycles. The minimum Gasteiger partial charge on any atom is -0.389 e. The average molecular weight is 326 g/mol. The molecule has 1 saturated carbocycles. The fourth-order valence-electron chi connectivity index (χ4n) is 2.91. The van der Waals surface area contributed by atoms with Crippen LogP contribution in [0.3, 0.4) is 0 Å². The van der Waals surface area contributed by atoms with Crippen LogP contribution in [-0.4, -0.2) is 18.2 Å². The minimum absolute atomic E-state index is 0.427. The first kappa shape index (κ1) is 14.9. The first-order valence-corrected chi connectivity index (χ1v) is 7.98. The first-order valence-electron chi connectivity index (χ1n) is 7.19. The van der Waals surface area contributed by atoms with E-state index in [4.69, 9.17) is 0 Å². The zero-order chi connectivity index (χ0) is 14.0. The maximum Gasteiger partial charge on any atom is 0.0772 e. The van der Waals surface area contributed by atoms with E-state index < -0.39 is 6.10 Å². The third-order valence-electron chi connectivity index (χ3n) is 4.37. The smallest absolute Gasteiger partial charge is 0.0772 e. The number of nitrogens with zero attached hydrogens (tertiary/aromatic N) is 1. The standard InChI is InChI=1S/C16H24BrNO/c1-11-4-6-13(7-5-11)18(3)14-8-9-15(12(2)19)16(17)10-14/h8-13,19H,4-7H2,1-3H3. The second-order valence-electron chi connectivity index (χ2n) is 5.91. The summed E-state index contributed by atoms with van der Waals surface area (Å²) in [7, 11) is 2.18. The maximum atomic E-state index is 9.67. The average Bonchev–Trinajstić information content (AvgIpc) is 2.38. The number of benzene rings is 1. The summed E-state index contributed by atoms with van der Waals surface area (Å²) in [5.74, 6) is 0.883. The fourth-order valence-corrected chi connectivity index (χ4v) is 3.61. The van der Waals surface area contributed by atoms with Crippen LogP contribution in [0, 0.1) is 5.92 Å². The van der Waals surface area contributed by atoms with Gasteiger partial charge in [0.05, 0.1) is 6.10 Å². The predicted octanol–water partition coefficient (Wildman–Crippen LogP) is 4.52. The molecule has 19 heavy (non-hydrogen) atoms. The molecule has 1 N–H and O–H groups in total. The molecule has 1 atom stereocenters. The fraction of sp³-hybridized carbons (Fsp3) is 0.625. The van der Waals surface area contributed by atoms with E-state index in [1.807, 2.05) is 6.07 Å². The van der Waals surface area contributed by atoms with Gasteiger partial charge in [-0.25, -0.2) is 0 Å². The summed E-state index contributed by atoms with van der Waals surface area (Å²) < 4.78 is 0.996. The highest BCUT2D eigenvalue weighted by Crippen LogP contribution is 2.32. The molecule has 0 aromatic heterocycles. The second kappa shape index (κ2) is 6.27. The van der Waals surface area contributed by atoms with Crippen molar-refractivity contribution in [3.63, 3.8) is 0 Å². The van der Waals surface area contributed by atoms with Gasteiger partial charge in [-0.15, -0.1) is 0 Å². The van der Waals surface area contributed by atoms with Crippen molar-refractivity contribution in [3.05, 3.63) is 28.2 Å². The van der Waals surface area contributed by atoms with Crippen molar-refractivity contribution in [2.75, 3.05) is 11.9 Å². The molecule has 1 unspecified atom stereocenters. The number of rotatable bonds is 3. The largest absolute Gasteiger partial charge is 0.389 e. The molecule has 0 radical (unpaired) electrons. The van der Waals surface area contributed by atoms with Gasteiger partial charge >= 0.3 is 0 Å². The van der Waals surface area contributed by atoms with Crippen molar-refractivity contribution in [2.45, 2.75) is 51.7 Å². The lowest BCUT2D eigenvalue weighted by Gasteiger charge is -2.35. The van der Waals surface area contributed by atoms with Gasteiger partial charge in [0.25, 0.3) is 0 Å². The van der Waals surface area contributed by atoms with Crippen LogP contribution in [0.25, 0.3) is 0 Å². The zero-order valence-corrected chi connectivity index (χ0v) is 13.7. The van der Waals surface area contributed by atoms with Crippen LogP contribution >= 0.6 is 15.9 Å². The second-order valence-corrected chi connectivity index (χ2v) is 6.76. The quantitative estimate of drug-likeness (QED) is 0.883. The Morgan fingerprint density at radius 1 is 1.26 bits per heavy atom. The Hall–Kier alpha value is -0.540. The Balaban J connectivity index is 2.11. The Kier molecular flexibility index (Phi) is 4.91. The van der Waals surface area contributed by atoms with Crippen LogP contribution in [-0.2, 0) is 0 Å². The monoisotopic (exact) mass is 325 g/mol. The van der Waals surface area contributed by atoms with Crippen molar-refractivity contribution in [1.29, 1.82) is 0 Å². The molecule has 2 rings (SSSR count). The van der Waals surface area contributed by atoms with Gasteiger partial charge < -0.3 is 10.0 Å². The lowest BCUT2D eigenvalue weighted by Crippen LogP contribution is -2.34. The van der Waals surface area contributed by atoms with Gasteiger partial charge in [-0.3, -0.25) is 0 Å². The van der Waals surface area contributed by atoms with E-state index in [1.165, 1.54) is 31.4 Å². The Morgan fingerprint density at radius 2 is 1.89 bits per heavy atom. The molecule has 0 spiro atoms. The van der Waals surface area contributed by atoms with Crippen LogP contribution < -0.4 is 4.90 Å². The summed E-state index contributed by atoms with van der Waals surface area (Å²) in [5.41, 5.74) is 2.19. The van der Waals surface area contributed by atoms with E-state index in [1.54, 1.807) is 6.92 Å². The molecule has 2 nitrogen and oxygen atoms in total. The zero-order valence-electron chi connectivity index (χ0n) is 12.1. The highest BCUT2D eigenvalue weighted by atomic mass is 79.9. The lowest BCUT2D eigenvalue weighted by atomic mass is 9.86. The van der Waals surface area contributed by atoms with Crippen LogP contribution in [0.5, 0.6) is 0 Å². The molecular weight excluding hydrogens is 302 g/mol. The molecule has 1 aliphatic rings. The number of anilines is 1. The van der Waals surface area contributed by atoms with E-state index in [-0.39, 0.29) is 0 Å². The Bertz CT molecular complexity index is 425. The van der Waals surface area contributed by atoms with E-state index in [0.29, 0.717) is 6.04 Å². The van der Waals surface area contributed by atoms with Gasteiger partial charge in [-0.05, 0) is 56.2 Å². The number of aliphatic hydroxyl groups excluding tert-OH is 1. The van der Waals surface area contributed by atoms with Crippen molar-refractivity contribution in [1.82, 2.24) is 0 Å². The number of halogens is 1. The molecule has 1 aromatic rings. The molecule has 0 bridgehead atoms. The molecule has 1 fully saturated rings. The van der Waals surface area contributed by atoms with Crippen molar-refractivity contribution in [2.24, 2.45) is 5.92 Å². The number of hydrogen-bond acceptors (Lipinski definition) is 2. The summed E-state index contributed by atoms with van der Waals surface area (Å²) in [6.45, 7) is 4.15. The summed E-state index contributed by atoms with van der Waals surface area (Å²) in [6.07, 6.45) is 4.81. The van der Waals surface area contributed by atoms with Crippen LogP contribution in [0.1, 0.15) is 51.2 Å². The summed E-state index contributed by atoms with van der Waals surface area (Å²) in [6, 6.07) is 6.91. The van der Waals surface area contributed by atoms with E-state index in [9.17, 15) is 5.11 Å². The summed E-state index contributed by atoms with van der Waals surface area (Å²) in [5, 5.41) is 9.67. The van der Waals surface area contributed by atoms with Gasteiger partial charge in [0.2, 0.25) is 0 Å². The van der Waals surface area contributed by atoms with Crippen LogP contribution in [0.4, 0.5) is 5.69 Å². The molecule has 106 valence electrons. The summed E-state index contributed by atoms with van der Waals surface area (Å²) in [4.78, 5) is 2.39. The van der Waals surface area contributed by atoms with Crippen LogP contribution in [0.2, 0.25) is 0 Å². The SMILES string of the molecule is CC1CCC(N(C)c2ccc(C(C)O)c(Br)c2)CC1. The van der Waals surface area contributed by atoms with Crippen LogP contribution in [0.15, 0.2) is 22.7 Å². The molecular formula is C16H24BrNO. The number of aliphatic hydroxyl groups is 1. The molecule has 1 aromatic carbocycles. The maximum absolute atomic E-state index is 9.67. The molecule has 0 saturated heterocycles. The minimum atomic E-state index is -0.427. The van der Waals surface area contributed by atoms with E-state index >= 15 is 0 Å². The van der Waals surface area contributed by atoms with Gasteiger partial charge in [-0.1, -0.05) is 28.9 Å². The molecule has 0 amide bonds. The van der Waals surface area contributed by atoms with Crippen molar-refractivity contribution in [3.8, 4) is 0 Å². The molecule has 3 heteroatoms. The lowest BCUT2D eigenvalue weighted by molar-refractivity contribution is 0.198. The van der Waals surface area contributed by atoms with E-state index in [0.717, 1.165) is 16.0 Å². The highest BCUT2D eigenvalue weighted by molar-refractivity contribution is 9.10. The predicted molar refractivity (Wildman–Crippen MR) is 84.6 cm³/mol. The first-order chi connectivity index (χ1) is 8.99. The molecule has 0 aliphatic heterocycles. The molecule has 1 aliphatic carbocycles. The number of hydrogen-bond donors (Lipinski definition) is 1. The Morgan fingerprint density at radius 3 is 2.42 bits per heavy atom. The van der Waals surface area contributed by atoms with Gasteiger partial charge in [-0.2, -0.15) is 0 Å². The van der Waals surface area contributed by atoms with E-state index in [2.05, 4.69) is 46.9 Å². The van der Waals surface area contributed by atoms with Gasteiger partial charge in [0.15, 0.2) is 0 Å². The van der Waals surface area contributed by atoms with Gasteiger partial charge in [0, 0.05) is 23.2 Å². The third kappa shape index (κ3) is 3.51. The summed E-state index contributed by atoms with van der Waals surface area (Å²) >= 11 is 3.56. The van der Waals surface area contributed by atoms with Crippen molar-refractivity contribution < 1.29 is 5.11 Å². The van der Waals surface area contributed by atoms with Gasteiger partial charge in [0.1, 0.15) is 0 Å². The van der Waals surface area contributed by atoms with Crippen molar-refractivity contribution >= 4 is 21.6 Å². The Labute approximate surface area is 124 Å². The third-order valence-corrected chi connectivity index (χ3v) is 5.06. The topological polar surface area (TPSA) is 23.5 Å². The highest BCUT2D eigenvalue weighted by Gasteiger charge is 2.22.